The Morgan fingerprint density at radius 1 is 1.69 bits per heavy atom. The summed E-state index contributed by atoms with van der Waals surface area (Å²) in [6, 6.07) is 0. The van der Waals surface area contributed by atoms with E-state index in [1.807, 2.05) is 6.92 Å². The number of aromatic nitrogens is 2. The van der Waals surface area contributed by atoms with Crippen molar-refractivity contribution in [1.82, 2.24) is 9.78 Å². The number of aromatic carboxylic acids is 1. The summed E-state index contributed by atoms with van der Waals surface area (Å²) in [5, 5.41) is 12.7. The van der Waals surface area contributed by atoms with E-state index in [2.05, 4.69) is 5.10 Å². The summed E-state index contributed by atoms with van der Waals surface area (Å²) in [7, 11) is 0. The normalized spacial score (nSPS) is 10.0. The van der Waals surface area contributed by atoms with Gasteiger partial charge in [-0.3, -0.25) is 4.68 Å². The van der Waals surface area contributed by atoms with E-state index in [9.17, 15) is 4.79 Å². The van der Waals surface area contributed by atoms with E-state index in [0.717, 1.165) is 0 Å². The van der Waals surface area contributed by atoms with Gasteiger partial charge in [-0.05, 0) is 13.8 Å². The molecule has 0 saturated heterocycles. The number of carboxylic acids is 1. The molecule has 0 unspecified atom stereocenters. The summed E-state index contributed by atoms with van der Waals surface area (Å²) >= 11 is 0. The van der Waals surface area contributed by atoms with Gasteiger partial charge in [0.25, 0.3) is 0 Å². The van der Waals surface area contributed by atoms with Gasteiger partial charge in [0.2, 0.25) is 5.88 Å². The third kappa shape index (κ3) is 1.99. The highest BCUT2D eigenvalue weighted by molar-refractivity contribution is 5.89. The van der Waals surface area contributed by atoms with E-state index in [1.54, 1.807) is 6.92 Å². The van der Waals surface area contributed by atoms with Gasteiger partial charge in [-0.25, -0.2) is 4.79 Å². The lowest BCUT2D eigenvalue weighted by Crippen LogP contribution is -2.00. The van der Waals surface area contributed by atoms with Crippen molar-refractivity contribution in [2.45, 2.75) is 20.4 Å². The smallest absolute Gasteiger partial charge is 0.342 e. The standard InChI is InChI=1S/C8H12N2O3/c1-3-10-5-6(8(11)12)7(9-10)13-4-2/h5H,3-4H2,1-2H3,(H,11,12). The molecule has 0 aliphatic heterocycles. The van der Waals surface area contributed by atoms with Crippen molar-refractivity contribution in [3.05, 3.63) is 11.8 Å². The van der Waals surface area contributed by atoms with Crippen molar-refractivity contribution in [2.24, 2.45) is 0 Å². The highest BCUT2D eigenvalue weighted by Gasteiger charge is 2.15. The van der Waals surface area contributed by atoms with Crippen molar-refractivity contribution in [3.63, 3.8) is 0 Å². The van der Waals surface area contributed by atoms with Crippen LogP contribution in [0.2, 0.25) is 0 Å². The fraction of sp³-hybridized carbons (Fsp3) is 0.500. The number of hydrogen-bond acceptors (Lipinski definition) is 3. The summed E-state index contributed by atoms with van der Waals surface area (Å²) in [6.07, 6.45) is 1.47. The number of ether oxygens (including phenoxy) is 1. The van der Waals surface area contributed by atoms with Gasteiger partial charge >= 0.3 is 5.97 Å². The average Bonchev–Trinajstić information content (AvgIpc) is 2.48. The molecule has 1 aromatic heterocycles. The first-order chi connectivity index (χ1) is 6.19. The molecule has 1 heterocycles. The molecule has 1 aromatic rings. The molecule has 72 valence electrons. The maximum absolute atomic E-state index is 10.7. The van der Waals surface area contributed by atoms with Gasteiger partial charge < -0.3 is 9.84 Å². The van der Waals surface area contributed by atoms with Crippen LogP contribution < -0.4 is 4.74 Å². The van der Waals surface area contributed by atoms with Crippen molar-refractivity contribution in [2.75, 3.05) is 6.61 Å². The minimum atomic E-state index is -1.01. The summed E-state index contributed by atoms with van der Waals surface area (Å²) in [5.74, 6) is -0.819. The third-order valence-corrected chi connectivity index (χ3v) is 1.56. The predicted molar refractivity (Wildman–Crippen MR) is 46.0 cm³/mol. The summed E-state index contributed by atoms with van der Waals surface area (Å²) in [6.45, 7) is 4.72. The average molecular weight is 184 g/mol. The van der Waals surface area contributed by atoms with Crippen LogP contribution in [0.1, 0.15) is 24.2 Å². The van der Waals surface area contributed by atoms with Crippen LogP contribution in [0.5, 0.6) is 5.88 Å². The fourth-order valence-electron chi connectivity index (χ4n) is 0.956. The Morgan fingerprint density at radius 3 is 2.85 bits per heavy atom. The molecule has 0 aliphatic carbocycles. The Bertz CT molecular complexity index is 306. The predicted octanol–water partition coefficient (Wildman–Crippen LogP) is 1.000. The van der Waals surface area contributed by atoms with E-state index in [0.29, 0.717) is 13.2 Å². The monoisotopic (exact) mass is 184 g/mol. The number of hydrogen-bond donors (Lipinski definition) is 1. The molecule has 1 N–H and O–H groups in total. The zero-order valence-corrected chi connectivity index (χ0v) is 7.65. The molecule has 0 spiro atoms. The molecule has 5 heteroatoms. The van der Waals surface area contributed by atoms with Crippen LogP contribution in [0.25, 0.3) is 0 Å². The lowest BCUT2D eigenvalue weighted by molar-refractivity contribution is 0.0692. The summed E-state index contributed by atoms with van der Waals surface area (Å²) in [4.78, 5) is 10.7. The summed E-state index contributed by atoms with van der Waals surface area (Å²) in [5.41, 5.74) is 0.115. The molecule has 0 fully saturated rings. The van der Waals surface area contributed by atoms with Crippen LogP contribution in [-0.2, 0) is 6.54 Å². The number of nitrogens with zero attached hydrogens (tertiary/aromatic N) is 2. The molecule has 0 aromatic carbocycles. The lowest BCUT2D eigenvalue weighted by Gasteiger charge is -1.97. The molecular formula is C8H12N2O3. The zero-order valence-electron chi connectivity index (χ0n) is 7.65. The topological polar surface area (TPSA) is 64.4 Å². The molecule has 0 radical (unpaired) electrons. The van der Waals surface area contributed by atoms with E-state index in [-0.39, 0.29) is 11.4 Å². The number of carbonyl (C=O) groups is 1. The zero-order chi connectivity index (χ0) is 9.84. The van der Waals surface area contributed by atoms with Gasteiger partial charge in [-0.2, -0.15) is 0 Å². The number of rotatable bonds is 4. The Morgan fingerprint density at radius 2 is 2.38 bits per heavy atom. The molecule has 0 bridgehead atoms. The second kappa shape index (κ2) is 3.93. The van der Waals surface area contributed by atoms with Crippen LogP contribution >= 0.6 is 0 Å². The first-order valence-electron chi connectivity index (χ1n) is 4.12. The minimum Gasteiger partial charge on any atom is -0.477 e. The minimum absolute atomic E-state index is 0.115. The maximum Gasteiger partial charge on any atom is 0.342 e. The van der Waals surface area contributed by atoms with E-state index in [1.165, 1.54) is 10.9 Å². The van der Waals surface area contributed by atoms with Gasteiger partial charge in [0.15, 0.2) is 0 Å². The van der Waals surface area contributed by atoms with Gasteiger partial charge in [0.05, 0.1) is 6.61 Å². The highest BCUT2D eigenvalue weighted by Crippen LogP contribution is 2.15. The first kappa shape index (κ1) is 9.57. The summed E-state index contributed by atoms with van der Waals surface area (Å²) < 4.78 is 6.60. The van der Waals surface area contributed by atoms with Crippen molar-refractivity contribution >= 4 is 5.97 Å². The second-order valence-corrected chi connectivity index (χ2v) is 2.44. The molecule has 0 aliphatic rings. The number of aryl methyl sites for hydroxylation is 1. The fourth-order valence-corrected chi connectivity index (χ4v) is 0.956. The molecule has 13 heavy (non-hydrogen) atoms. The second-order valence-electron chi connectivity index (χ2n) is 2.44. The van der Waals surface area contributed by atoms with Crippen LogP contribution in [-0.4, -0.2) is 27.5 Å². The van der Waals surface area contributed by atoms with Crippen molar-refractivity contribution in [1.29, 1.82) is 0 Å². The van der Waals surface area contributed by atoms with Crippen LogP contribution in [0.4, 0.5) is 0 Å². The molecule has 0 saturated carbocycles. The van der Waals surface area contributed by atoms with Gasteiger partial charge in [-0.15, -0.1) is 5.10 Å². The quantitative estimate of drug-likeness (QED) is 0.758. The number of carboxylic acid groups (broad SMARTS) is 1. The largest absolute Gasteiger partial charge is 0.477 e. The molecule has 0 atom stereocenters. The molecule has 1 rings (SSSR count). The third-order valence-electron chi connectivity index (χ3n) is 1.56. The van der Waals surface area contributed by atoms with Crippen molar-refractivity contribution < 1.29 is 14.6 Å². The first-order valence-corrected chi connectivity index (χ1v) is 4.12. The SMILES string of the molecule is CCOc1nn(CC)cc1C(=O)O. The Balaban J connectivity index is 3.00. The Kier molecular flexibility index (Phi) is 2.89. The Labute approximate surface area is 75.9 Å². The molecule has 0 amide bonds. The van der Waals surface area contributed by atoms with E-state index < -0.39 is 5.97 Å². The highest BCUT2D eigenvalue weighted by atomic mass is 16.5. The van der Waals surface area contributed by atoms with Crippen molar-refractivity contribution in [3.8, 4) is 5.88 Å². The van der Waals surface area contributed by atoms with E-state index in [4.69, 9.17) is 9.84 Å². The Hall–Kier alpha value is -1.52. The maximum atomic E-state index is 10.7. The van der Waals surface area contributed by atoms with Crippen LogP contribution in [0.15, 0.2) is 6.20 Å². The van der Waals surface area contributed by atoms with E-state index >= 15 is 0 Å². The van der Waals surface area contributed by atoms with Crippen LogP contribution in [0, 0.1) is 0 Å². The van der Waals surface area contributed by atoms with Gasteiger partial charge in [0.1, 0.15) is 5.56 Å². The van der Waals surface area contributed by atoms with Crippen LogP contribution in [0.3, 0.4) is 0 Å². The van der Waals surface area contributed by atoms with Gasteiger partial charge in [-0.1, -0.05) is 0 Å². The lowest BCUT2D eigenvalue weighted by atomic mass is 10.3. The van der Waals surface area contributed by atoms with Gasteiger partial charge in [0, 0.05) is 12.7 Å². The molecular weight excluding hydrogens is 172 g/mol. The molecule has 5 nitrogen and oxygen atoms in total.